The summed E-state index contributed by atoms with van der Waals surface area (Å²) in [5.74, 6) is 1.50. The van der Waals surface area contributed by atoms with Crippen LogP contribution >= 0.6 is 11.6 Å². The predicted molar refractivity (Wildman–Crippen MR) is 137 cm³/mol. The van der Waals surface area contributed by atoms with Crippen LogP contribution in [-0.4, -0.2) is 52.6 Å². The fourth-order valence-corrected chi connectivity index (χ4v) is 5.35. The molecule has 1 fully saturated rings. The number of ether oxygens (including phenoxy) is 2. The molecule has 0 saturated carbocycles. The Labute approximate surface area is 209 Å². The number of fused-ring (bicyclic) bond motifs is 2. The Morgan fingerprint density at radius 1 is 1.11 bits per heavy atom. The van der Waals surface area contributed by atoms with E-state index in [2.05, 4.69) is 45.9 Å². The zero-order chi connectivity index (χ0) is 23.9. The number of benzene rings is 2. The Bertz CT molecular complexity index is 1380. The number of nitrogens with one attached hydrogen (secondary N) is 1. The second-order valence-corrected chi connectivity index (χ2v) is 9.56. The van der Waals surface area contributed by atoms with Crippen molar-refractivity contribution in [2.75, 3.05) is 33.0 Å². The van der Waals surface area contributed by atoms with Crippen molar-refractivity contribution in [1.82, 2.24) is 25.0 Å². The smallest absolute Gasteiger partial charge is 0.231 e. The van der Waals surface area contributed by atoms with Crippen molar-refractivity contribution in [3.05, 3.63) is 70.6 Å². The first-order chi connectivity index (χ1) is 17.1. The Morgan fingerprint density at radius 2 is 1.91 bits per heavy atom. The third-order valence-electron chi connectivity index (χ3n) is 7.12. The number of nitrogens with zero attached hydrogens (tertiary/aromatic N) is 4. The summed E-state index contributed by atoms with van der Waals surface area (Å²) < 4.78 is 14.1. The standard InChI is InChI=1S/C27H28ClN5O2/c1-17-20(4-3-5-21(17)28)24-25-22(14-23-27(24)35-16-34-23)33(15-19-6-8-29-9-7-19)31-26(25)18(2)32-12-10-30-11-13-32/h3-9,14,18,30H,10-13,15-16H2,1-2H3. The maximum atomic E-state index is 6.59. The molecule has 0 radical (unpaired) electrons. The van der Waals surface area contributed by atoms with Gasteiger partial charge < -0.3 is 14.8 Å². The van der Waals surface area contributed by atoms with Crippen LogP contribution in [0.1, 0.15) is 29.8 Å². The van der Waals surface area contributed by atoms with E-state index in [0.717, 1.165) is 81.6 Å². The Balaban J connectivity index is 1.62. The predicted octanol–water partition coefficient (Wildman–Crippen LogP) is 4.80. The van der Waals surface area contributed by atoms with E-state index in [4.69, 9.17) is 26.2 Å². The first kappa shape index (κ1) is 22.3. The van der Waals surface area contributed by atoms with Crippen LogP contribution < -0.4 is 14.8 Å². The monoisotopic (exact) mass is 489 g/mol. The summed E-state index contributed by atoms with van der Waals surface area (Å²) in [7, 11) is 0. The summed E-state index contributed by atoms with van der Waals surface area (Å²) in [6.45, 7) is 9.07. The van der Waals surface area contributed by atoms with Gasteiger partial charge in [0.25, 0.3) is 0 Å². The second-order valence-electron chi connectivity index (χ2n) is 9.15. The first-order valence-electron chi connectivity index (χ1n) is 12.0. The van der Waals surface area contributed by atoms with Crippen LogP contribution in [0, 0.1) is 6.92 Å². The van der Waals surface area contributed by atoms with Crippen LogP contribution in [-0.2, 0) is 6.54 Å². The zero-order valence-electron chi connectivity index (χ0n) is 19.9. The lowest BCUT2D eigenvalue weighted by Crippen LogP contribution is -2.44. The molecule has 2 aromatic carbocycles. The van der Waals surface area contributed by atoms with Crippen molar-refractivity contribution in [3.63, 3.8) is 0 Å². The topological polar surface area (TPSA) is 64.4 Å². The van der Waals surface area contributed by atoms with E-state index in [1.165, 1.54) is 0 Å². The van der Waals surface area contributed by atoms with Crippen molar-refractivity contribution in [2.45, 2.75) is 26.4 Å². The summed E-state index contributed by atoms with van der Waals surface area (Å²) in [4.78, 5) is 6.67. The maximum absolute atomic E-state index is 6.59. The number of halogens is 1. The van der Waals surface area contributed by atoms with Gasteiger partial charge in [0.2, 0.25) is 6.79 Å². The molecule has 1 N–H and O–H groups in total. The van der Waals surface area contributed by atoms with Crippen molar-refractivity contribution >= 4 is 22.5 Å². The molecular weight excluding hydrogens is 462 g/mol. The molecule has 0 amide bonds. The van der Waals surface area contributed by atoms with E-state index in [1.54, 1.807) is 0 Å². The number of aromatic nitrogens is 3. The van der Waals surface area contributed by atoms with E-state index in [1.807, 2.05) is 36.7 Å². The summed E-state index contributed by atoms with van der Waals surface area (Å²) >= 11 is 6.59. The fraction of sp³-hybridized carbons (Fsp3) is 0.333. The minimum atomic E-state index is 0.136. The molecular formula is C27H28ClN5O2. The van der Waals surface area contributed by atoms with Gasteiger partial charge in [-0.25, -0.2) is 0 Å². The quantitative estimate of drug-likeness (QED) is 0.434. The molecule has 6 rings (SSSR count). The summed E-state index contributed by atoms with van der Waals surface area (Å²) in [6, 6.07) is 12.3. The van der Waals surface area contributed by atoms with Crippen molar-refractivity contribution in [3.8, 4) is 22.6 Å². The molecule has 2 aliphatic rings. The van der Waals surface area contributed by atoms with Gasteiger partial charge in [0.05, 0.1) is 23.8 Å². The van der Waals surface area contributed by atoms with E-state index in [0.29, 0.717) is 6.54 Å². The summed E-state index contributed by atoms with van der Waals surface area (Å²) in [5.41, 5.74) is 6.28. The van der Waals surface area contributed by atoms with Crippen molar-refractivity contribution in [1.29, 1.82) is 0 Å². The number of piperazine rings is 1. The number of pyridine rings is 1. The van der Waals surface area contributed by atoms with Crippen LogP contribution in [0.5, 0.6) is 11.5 Å². The third kappa shape index (κ3) is 3.93. The number of rotatable bonds is 5. The molecule has 1 atom stereocenters. The van der Waals surface area contributed by atoms with Crippen LogP contribution in [0.25, 0.3) is 22.0 Å². The highest BCUT2D eigenvalue weighted by molar-refractivity contribution is 6.31. The maximum Gasteiger partial charge on any atom is 0.231 e. The van der Waals surface area contributed by atoms with Gasteiger partial charge in [0, 0.05) is 60.6 Å². The summed E-state index contributed by atoms with van der Waals surface area (Å²) in [6.07, 6.45) is 3.64. The number of hydrogen-bond acceptors (Lipinski definition) is 6. The highest BCUT2D eigenvalue weighted by Gasteiger charge is 2.31. The molecule has 7 nitrogen and oxygen atoms in total. The lowest BCUT2D eigenvalue weighted by atomic mass is 9.93. The average molecular weight is 490 g/mol. The molecule has 0 spiro atoms. The van der Waals surface area contributed by atoms with E-state index < -0.39 is 0 Å². The molecule has 4 heterocycles. The first-order valence-corrected chi connectivity index (χ1v) is 12.4. The highest BCUT2D eigenvalue weighted by atomic mass is 35.5. The highest BCUT2D eigenvalue weighted by Crippen LogP contribution is 2.50. The molecule has 0 bridgehead atoms. The fourth-order valence-electron chi connectivity index (χ4n) is 5.18. The normalized spacial score (nSPS) is 16.7. The molecule has 1 saturated heterocycles. The van der Waals surface area contributed by atoms with Crippen LogP contribution in [0.4, 0.5) is 0 Å². The Kier molecular flexibility index (Phi) is 5.84. The minimum absolute atomic E-state index is 0.136. The van der Waals surface area contributed by atoms with Crippen LogP contribution in [0.2, 0.25) is 5.02 Å². The number of hydrogen-bond donors (Lipinski definition) is 1. The van der Waals surface area contributed by atoms with Gasteiger partial charge in [0.1, 0.15) is 0 Å². The molecule has 1 unspecified atom stereocenters. The second kappa shape index (κ2) is 9.15. The van der Waals surface area contributed by atoms with E-state index in [9.17, 15) is 0 Å². The average Bonchev–Trinajstić information content (AvgIpc) is 3.50. The zero-order valence-corrected chi connectivity index (χ0v) is 20.7. The molecule has 2 aliphatic heterocycles. The van der Waals surface area contributed by atoms with E-state index >= 15 is 0 Å². The minimum Gasteiger partial charge on any atom is -0.453 e. The third-order valence-corrected chi connectivity index (χ3v) is 7.53. The van der Waals surface area contributed by atoms with Gasteiger partial charge >= 0.3 is 0 Å². The summed E-state index contributed by atoms with van der Waals surface area (Å²) in [5, 5.41) is 10.5. The molecule has 8 heteroatoms. The van der Waals surface area contributed by atoms with Crippen LogP contribution in [0.3, 0.4) is 0 Å². The Morgan fingerprint density at radius 3 is 2.71 bits per heavy atom. The SMILES string of the molecule is Cc1c(Cl)cccc1-c1c2c(cc3c1c(C(C)N1CCNCC1)nn3Cc1ccncc1)OCO2. The van der Waals surface area contributed by atoms with E-state index in [-0.39, 0.29) is 12.8 Å². The lowest BCUT2D eigenvalue weighted by Gasteiger charge is -2.32. The molecule has 180 valence electrons. The van der Waals surface area contributed by atoms with Gasteiger partial charge in [-0.3, -0.25) is 14.6 Å². The van der Waals surface area contributed by atoms with Gasteiger partial charge in [-0.2, -0.15) is 5.10 Å². The Hall–Kier alpha value is -3.13. The van der Waals surface area contributed by atoms with Gasteiger partial charge in [-0.15, -0.1) is 0 Å². The van der Waals surface area contributed by atoms with Crippen molar-refractivity contribution in [2.24, 2.45) is 0 Å². The molecule has 2 aromatic heterocycles. The molecule has 4 aromatic rings. The lowest BCUT2D eigenvalue weighted by molar-refractivity contribution is 0.174. The molecule has 35 heavy (non-hydrogen) atoms. The van der Waals surface area contributed by atoms with Gasteiger partial charge in [0.15, 0.2) is 11.5 Å². The van der Waals surface area contributed by atoms with Crippen molar-refractivity contribution < 1.29 is 9.47 Å². The van der Waals surface area contributed by atoms with Gasteiger partial charge in [-0.1, -0.05) is 23.7 Å². The van der Waals surface area contributed by atoms with Crippen LogP contribution in [0.15, 0.2) is 48.8 Å². The molecule has 0 aliphatic carbocycles. The largest absolute Gasteiger partial charge is 0.453 e. The van der Waals surface area contributed by atoms with Gasteiger partial charge in [-0.05, 0) is 48.7 Å².